The van der Waals surface area contributed by atoms with E-state index >= 15 is 0 Å². The zero-order valence-corrected chi connectivity index (χ0v) is 13.4. The summed E-state index contributed by atoms with van der Waals surface area (Å²) in [4.78, 5) is 0. The number of phenolic OH excluding ortho intramolecular Hbond substituents is 1. The van der Waals surface area contributed by atoms with Crippen LogP contribution < -0.4 is 0 Å². The highest BCUT2D eigenvalue weighted by Gasteiger charge is 2.33. The highest BCUT2D eigenvalue weighted by molar-refractivity contribution is 7.92. The Bertz CT molecular complexity index is 586. The maximum Gasteiger partial charge on any atom is 0.159 e. The molecule has 0 radical (unpaired) electrons. The van der Waals surface area contributed by atoms with E-state index < -0.39 is 20.3 Å². The molecule has 112 valence electrons. The molecule has 0 heterocycles. The van der Waals surface area contributed by atoms with Gasteiger partial charge in [0.15, 0.2) is 9.84 Å². The largest absolute Gasteiger partial charge is 0.507 e. The van der Waals surface area contributed by atoms with Crippen LogP contribution in [-0.2, 0) is 9.84 Å². The summed E-state index contributed by atoms with van der Waals surface area (Å²) in [6.45, 7) is 7.13. The molecule has 0 aliphatic heterocycles. The van der Waals surface area contributed by atoms with E-state index in [1.807, 2.05) is 12.1 Å². The minimum absolute atomic E-state index is 0.170. The van der Waals surface area contributed by atoms with E-state index in [1.54, 1.807) is 26.8 Å². The van der Waals surface area contributed by atoms with Crippen LogP contribution in [0.2, 0.25) is 0 Å². The van der Waals surface area contributed by atoms with Crippen LogP contribution in [0.4, 0.5) is 0 Å². The van der Waals surface area contributed by atoms with Gasteiger partial charge in [-0.05, 0) is 51.0 Å². The number of benzene rings is 1. The summed E-state index contributed by atoms with van der Waals surface area (Å²) in [6, 6.07) is 5.50. The molecule has 1 aromatic carbocycles. The number of para-hydroxylation sites is 1. The Kier molecular flexibility index (Phi) is 4.14. The van der Waals surface area contributed by atoms with Crippen molar-refractivity contribution in [2.45, 2.75) is 57.0 Å². The molecule has 1 aliphatic rings. The Labute approximate surface area is 121 Å². The first-order valence-electron chi connectivity index (χ1n) is 7.31. The molecular weight excluding hydrogens is 272 g/mol. The number of phenols is 1. The Morgan fingerprint density at radius 3 is 2.15 bits per heavy atom. The van der Waals surface area contributed by atoms with E-state index in [0.717, 1.165) is 5.56 Å². The molecule has 2 rings (SSSR count). The lowest BCUT2D eigenvalue weighted by molar-refractivity contribution is 0.450. The summed E-state index contributed by atoms with van der Waals surface area (Å²) >= 11 is 0. The zero-order valence-electron chi connectivity index (χ0n) is 12.6. The maximum absolute atomic E-state index is 12.3. The normalized spacial score (nSPS) is 19.1. The van der Waals surface area contributed by atoms with E-state index in [1.165, 1.54) is 12.8 Å². The first-order chi connectivity index (χ1) is 9.26. The summed E-state index contributed by atoms with van der Waals surface area (Å²) in [5.74, 6) is 1.10. The van der Waals surface area contributed by atoms with Gasteiger partial charge in [0.25, 0.3) is 0 Å². The van der Waals surface area contributed by atoms with Gasteiger partial charge < -0.3 is 5.11 Å². The molecule has 0 bridgehead atoms. The molecule has 20 heavy (non-hydrogen) atoms. The highest BCUT2D eigenvalue weighted by atomic mass is 32.2. The first-order valence-corrected chi connectivity index (χ1v) is 8.92. The average molecular weight is 296 g/mol. The second-order valence-corrected chi connectivity index (χ2v) is 9.02. The third-order valence-corrected chi connectivity index (χ3v) is 7.06. The van der Waals surface area contributed by atoms with Crippen molar-refractivity contribution in [1.29, 1.82) is 0 Å². The zero-order chi connectivity index (χ0) is 15.1. The van der Waals surface area contributed by atoms with Crippen molar-refractivity contribution in [3.8, 4) is 5.75 Å². The van der Waals surface area contributed by atoms with Gasteiger partial charge in [0.2, 0.25) is 0 Å². The molecule has 3 nitrogen and oxygen atoms in total. The molecule has 0 spiro atoms. The van der Waals surface area contributed by atoms with Gasteiger partial charge in [-0.25, -0.2) is 8.42 Å². The number of rotatable bonds is 5. The van der Waals surface area contributed by atoms with E-state index in [-0.39, 0.29) is 5.75 Å². The van der Waals surface area contributed by atoms with Gasteiger partial charge in [0, 0.05) is 5.56 Å². The molecule has 1 aromatic rings. The fourth-order valence-electron chi connectivity index (χ4n) is 2.71. The van der Waals surface area contributed by atoms with Crippen LogP contribution in [-0.4, -0.2) is 18.8 Å². The van der Waals surface area contributed by atoms with Crippen molar-refractivity contribution in [2.24, 2.45) is 5.92 Å². The molecular formula is C16H24O3S. The minimum atomic E-state index is -3.26. The standard InChI is InChI=1S/C16H24O3S/c1-10(2)20(18,19)12(4)15-7-5-6-14(16(15)17)11(3)13-8-9-13/h5-7,10-13,17H,8-9H2,1-4H3/t11-,12-/m0/s1. The third-order valence-electron chi connectivity index (χ3n) is 4.51. The molecule has 1 N–H and O–H groups in total. The molecule has 1 aliphatic carbocycles. The monoisotopic (exact) mass is 296 g/mol. The second kappa shape index (κ2) is 5.40. The maximum atomic E-state index is 12.3. The Morgan fingerprint density at radius 1 is 1.10 bits per heavy atom. The Morgan fingerprint density at radius 2 is 1.65 bits per heavy atom. The van der Waals surface area contributed by atoms with Crippen molar-refractivity contribution in [3.05, 3.63) is 29.3 Å². The number of hydrogen-bond donors (Lipinski definition) is 1. The van der Waals surface area contributed by atoms with Gasteiger partial charge in [-0.1, -0.05) is 25.1 Å². The number of aromatic hydroxyl groups is 1. The predicted molar refractivity (Wildman–Crippen MR) is 81.7 cm³/mol. The fourth-order valence-corrected chi connectivity index (χ4v) is 4.07. The van der Waals surface area contributed by atoms with Crippen molar-refractivity contribution >= 4 is 9.84 Å². The Balaban J connectivity index is 2.40. The highest BCUT2D eigenvalue weighted by Crippen LogP contribution is 2.46. The second-order valence-electron chi connectivity index (χ2n) is 6.19. The topological polar surface area (TPSA) is 54.4 Å². The lowest BCUT2D eigenvalue weighted by Crippen LogP contribution is -2.20. The summed E-state index contributed by atoms with van der Waals surface area (Å²) in [5, 5.41) is 9.37. The van der Waals surface area contributed by atoms with Gasteiger partial charge in [-0.2, -0.15) is 0 Å². The minimum Gasteiger partial charge on any atom is -0.507 e. The smallest absolute Gasteiger partial charge is 0.159 e. The third kappa shape index (κ3) is 2.71. The van der Waals surface area contributed by atoms with Crippen molar-refractivity contribution in [3.63, 3.8) is 0 Å². The SMILES string of the molecule is CC(C)S(=O)(=O)[C@@H](C)c1cccc([C@@H](C)C2CC2)c1O. The first kappa shape index (κ1) is 15.4. The summed E-state index contributed by atoms with van der Waals surface area (Å²) in [5.41, 5.74) is 1.42. The Hall–Kier alpha value is -1.03. The van der Waals surface area contributed by atoms with E-state index in [2.05, 4.69) is 6.92 Å². The molecule has 0 amide bonds. The van der Waals surface area contributed by atoms with Crippen LogP contribution in [0.5, 0.6) is 5.75 Å². The lowest BCUT2D eigenvalue weighted by atomic mass is 9.93. The molecule has 1 fully saturated rings. The summed E-state index contributed by atoms with van der Waals surface area (Å²) in [7, 11) is -3.26. The van der Waals surface area contributed by atoms with Crippen molar-refractivity contribution in [1.82, 2.24) is 0 Å². The molecule has 4 heteroatoms. The van der Waals surface area contributed by atoms with Gasteiger partial charge in [0.1, 0.15) is 5.75 Å². The molecule has 1 saturated carbocycles. The van der Waals surface area contributed by atoms with Gasteiger partial charge in [-0.3, -0.25) is 0 Å². The number of sulfone groups is 1. The lowest BCUT2D eigenvalue weighted by Gasteiger charge is -2.20. The van der Waals surface area contributed by atoms with Crippen LogP contribution in [0.25, 0.3) is 0 Å². The van der Waals surface area contributed by atoms with E-state index in [4.69, 9.17) is 0 Å². The van der Waals surface area contributed by atoms with Gasteiger partial charge in [0.05, 0.1) is 10.5 Å². The van der Waals surface area contributed by atoms with Crippen LogP contribution >= 0.6 is 0 Å². The molecule has 0 aromatic heterocycles. The molecule has 2 atom stereocenters. The fraction of sp³-hybridized carbons (Fsp3) is 0.625. The van der Waals surface area contributed by atoms with Crippen LogP contribution in [0, 0.1) is 5.92 Å². The predicted octanol–water partition coefficient (Wildman–Crippen LogP) is 3.79. The quantitative estimate of drug-likeness (QED) is 0.899. The van der Waals surface area contributed by atoms with Crippen molar-refractivity contribution in [2.75, 3.05) is 0 Å². The van der Waals surface area contributed by atoms with Gasteiger partial charge in [-0.15, -0.1) is 0 Å². The van der Waals surface area contributed by atoms with Crippen LogP contribution in [0.15, 0.2) is 18.2 Å². The molecule has 0 unspecified atom stereocenters. The van der Waals surface area contributed by atoms with Crippen LogP contribution in [0.3, 0.4) is 0 Å². The van der Waals surface area contributed by atoms with Crippen molar-refractivity contribution < 1.29 is 13.5 Å². The summed E-state index contributed by atoms with van der Waals surface area (Å²) < 4.78 is 24.6. The number of hydrogen-bond acceptors (Lipinski definition) is 3. The van der Waals surface area contributed by atoms with E-state index in [0.29, 0.717) is 17.4 Å². The van der Waals surface area contributed by atoms with E-state index in [9.17, 15) is 13.5 Å². The average Bonchev–Trinajstić information content (AvgIpc) is 3.21. The van der Waals surface area contributed by atoms with Crippen LogP contribution in [0.1, 0.15) is 62.8 Å². The summed E-state index contributed by atoms with van der Waals surface area (Å²) in [6.07, 6.45) is 2.40. The molecule has 0 saturated heterocycles. The van der Waals surface area contributed by atoms with Gasteiger partial charge >= 0.3 is 0 Å².